The molecule has 10 nitrogen and oxygen atoms in total. The molecule has 0 spiro atoms. The molecule has 39 heavy (non-hydrogen) atoms. The molecule has 1 aliphatic rings. The van der Waals surface area contributed by atoms with Crippen LogP contribution in [-0.4, -0.2) is 62.9 Å². The van der Waals surface area contributed by atoms with Crippen molar-refractivity contribution in [3.63, 3.8) is 0 Å². The number of hydrogen-bond donors (Lipinski definition) is 2. The van der Waals surface area contributed by atoms with Gasteiger partial charge in [-0.3, -0.25) is 19.2 Å². The van der Waals surface area contributed by atoms with Crippen LogP contribution in [0.1, 0.15) is 85.7 Å². The van der Waals surface area contributed by atoms with E-state index in [1.807, 2.05) is 26.2 Å². The van der Waals surface area contributed by atoms with Crippen LogP contribution in [0.3, 0.4) is 0 Å². The van der Waals surface area contributed by atoms with Crippen LogP contribution in [0.4, 0.5) is 0 Å². The number of esters is 1. The number of amides is 2. The van der Waals surface area contributed by atoms with Crippen LogP contribution in [-0.2, 0) is 25.5 Å². The number of carboxylic acids is 1. The maximum absolute atomic E-state index is 13.2. The lowest BCUT2D eigenvalue weighted by molar-refractivity contribution is -0.148. The van der Waals surface area contributed by atoms with Crippen molar-refractivity contribution in [2.45, 2.75) is 84.9 Å². The molecule has 0 aromatic carbocycles. The van der Waals surface area contributed by atoms with Gasteiger partial charge in [0.15, 0.2) is 6.10 Å². The molecular formula is C27H38N4O6S2. The fourth-order valence-corrected chi connectivity index (χ4v) is 6.20. The predicted octanol–water partition coefficient (Wildman–Crippen LogP) is 4.25. The zero-order valence-electron chi connectivity index (χ0n) is 23.3. The number of aliphatic carboxylic acids is 1. The Morgan fingerprint density at radius 2 is 1.82 bits per heavy atom. The molecule has 214 valence electrons. The lowest BCUT2D eigenvalue weighted by Gasteiger charge is -2.33. The van der Waals surface area contributed by atoms with Crippen molar-refractivity contribution in [2.24, 2.45) is 17.8 Å². The highest BCUT2D eigenvalue weighted by atomic mass is 32.1. The first-order valence-electron chi connectivity index (χ1n) is 13.2. The summed E-state index contributed by atoms with van der Waals surface area (Å²) in [5, 5.41) is 17.1. The maximum atomic E-state index is 13.2. The van der Waals surface area contributed by atoms with Crippen molar-refractivity contribution < 1.29 is 29.0 Å². The summed E-state index contributed by atoms with van der Waals surface area (Å²) in [6, 6.07) is -0.622. The van der Waals surface area contributed by atoms with Crippen LogP contribution in [0.2, 0.25) is 0 Å². The van der Waals surface area contributed by atoms with Crippen molar-refractivity contribution >= 4 is 46.4 Å². The minimum absolute atomic E-state index is 0.0728. The van der Waals surface area contributed by atoms with Gasteiger partial charge in [-0.15, -0.1) is 22.7 Å². The smallest absolute Gasteiger partial charge is 0.306 e. The Morgan fingerprint density at radius 1 is 1.13 bits per heavy atom. The average molecular weight is 579 g/mol. The van der Waals surface area contributed by atoms with Gasteiger partial charge >= 0.3 is 11.9 Å². The van der Waals surface area contributed by atoms with Gasteiger partial charge in [0, 0.05) is 61.3 Å². The first-order chi connectivity index (χ1) is 18.3. The molecule has 2 heterocycles. The van der Waals surface area contributed by atoms with E-state index in [1.165, 1.54) is 29.6 Å². The van der Waals surface area contributed by atoms with E-state index in [1.54, 1.807) is 24.3 Å². The summed E-state index contributed by atoms with van der Waals surface area (Å²) in [7, 11) is 1.79. The molecule has 2 amide bonds. The molecule has 0 aliphatic heterocycles. The summed E-state index contributed by atoms with van der Waals surface area (Å²) < 4.78 is 5.62. The molecule has 1 fully saturated rings. The third-order valence-corrected chi connectivity index (χ3v) is 8.74. The van der Waals surface area contributed by atoms with E-state index in [0.29, 0.717) is 17.8 Å². The van der Waals surface area contributed by atoms with Crippen LogP contribution >= 0.6 is 22.7 Å². The number of hydrogen-bond acceptors (Lipinski definition) is 9. The number of carboxylic acid groups (broad SMARTS) is 1. The third kappa shape index (κ3) is 8.82. The minimum atomic E-state index is -0.936. The van der Waals surface area contributed by atoms with Crippen molar-refractivity contribution in [2.75, 3.05) is 7.05 Å². The number of nitrogens with one attached hydrogen (secondary N) is 1. The van der Waals surface area contributed by atoms with Gasteiger partial charge in [0.1, 0.15) is 10.7 Å². The molecule has 2 unspecified atom stereocenters. The van der Waals surface area contributed by atoms with Crippen molar-refractivity contribution in [1.82, 2.24) is 20.2 Å². The second-order valence-electron chi connectivity index (χ2n) is 10.7. The van der Waals surface area contributed by atoms with Gasteiger partial charge < -0.3 is 20.1 Å². The Balaban J connectivity index is 1.76. The quantitative estimate of drug-likeness (QED) is 0.317. The first kappa shape index (κ1) is 30.7. The highest BCUT2D eigenvalue weighted by Gasteiger charge is 2.37. The van der Waals surface area contributed by atoms with Crippen LogP contribution in [0.5, 0.6) is 0 Å². The fraction of sp³-hybridized carbons (Fsp3) is 0.630. The van der Waals surface area contributed by atoms with Gasteiger partial charge in [-0.1, -0.05) is 20.8 Å². The van der Waals surface area contributed by atoms with E-state index in [4.69, 9.17) is 4.74 Å². The number of nitrogens with zero attached hydrogens (tertiary/aromatic N) is 3. The standard InChI is InChI=1S/C27H38N4O6S2/c1-14(2)21(31(6)26(34)18-7-8-18)11-22(37-17(5)32)25-30-20(13-39-25)24(33)29-19(9-15(3)27(35)36)10-23-28-16(4)12-38-23/h12-15,18-19,21-22H,7-11H2,1-6H3,(H,29,33)(H,35,36)/t15-,19+,21?,22?/m0/s1. The Labute approximate surface area is 237 Å². The van der Waals surface area contributed by atoms with Crippen LogP contribution in [0.25, 0.3) is 0 Å². The van der Waals surface area contributed by atoms with E-state index < -0.39 is 35.9 Å². The molecular weight excluding hydrogens is 540 g/mol. The van der Waals surface area contributed by atoms with E-state index in [9.17, 15) is 24.3 Å². The number of rotatable bonds is 14. The molecule has 1 saturated carbocycles. The molecule has 12 heteroatoms. The molecule has 2 aromatic rings. The predicted molar refractivity (Wildman–Crippen MR) is 149 cm³/mol. The largest absolute Gasteiger partial charge is 0.481 e. The number of carbonyl (C=O) groups is 4. The first-order valence-corrected chi connectivity index (χ1v) is 15.0. The van der Waals surface area contributed by atoms with Crippen molar-refractivity contribution in [1.29, 1.82) is 0 Å². The summed E-state index contributed by atoms with van der Waals surface area (Å²) in [5.41, 5.74) is 1.04. The average Bonchev–Trinajstić information content (AvgIpc) is 3.44. The summed E-state index contributed by atoms with van der Waals surface area (Å²) in [4.78, 5) is 60.1. The Bertz CT molecular complexity index is 1170. The van der Waals surface area contributed by atoms with Crippen LogP contribution in [0.15, 0.2) is 10.8 Å². The second kappa shape index (κ2) is 13.5. The van der Waals surface area contributed by atoms with Crippen LogP contribution in [0, 0.1) is 24.7 Å². The van der Waals surface area contributed by atoms with E-state index in [-0.39, 0.29) is 35.9 Å². The molecule has 3 rings (SSSR count). The number of aryl methyl sites for hydroxylation is 1. The van der Waals surface area contributed by atoms with Crippen LogP contribution < -0.4 is 5.32 Å². The number of carbonyl (C=O) groups excluding carboxylic acids is 3. The van der Waals surface area contributed by atoms with Gasteiger partial charge in [0.2, 0.25) is 5.91 Å². The number of thiazole rings is 2. The Kier molecular flexibility index (Phi) is 10.6. The Morgan fingerprint density at radius 3 is 2.36 bits per heavy atom. The number of aromatic nitrogens is 2. The monoisotopic (exact) mass is 578 g/mol. The van der Waals surface area contributed by atoms with Gasteiger partial charge in [-0.2, -0.15) is 0 Å². The maximum Gasteiger partial charge on any atom is 0.306 e. The lowest BCUT2D eigenvalue weighted by Crippen LogP contribution is -2.42. The third-order valence-electron chi connectivity index (χ3n) is 6.82. The van der Waals surface area contributed by atoms with Crippen molar-refractivity contribution in [3.05, 3.63) is 32.2 Å². The molecule has 0 saturated heterocycles. The van der Waals surface area contributed by atoms with Crippen molar-refractivity contribution in [3.8, 4) is 0 Å². The van der Waals surface area contributed by atoms with E-state index >= 15 is 0 Å². The molecule has 1 aliphatic carbocycles. The van der Waals surface area contributed by atoms with E-state index in [2.05, 4.69) is 15.3 Å². The minimum Gasteiger partial charge on any atom is -0.481 e. The Hall–Kier alpha value is -2.86. The topological polar surface area (TPSA) is 139 Å². The zero-order valence-corrected chi connectivity index (χ0v) is 24.9. The fourth-order valence-electron chi connectivity index (χ4n) is 4.51. The summed E-state index contributed by atoms with van der Waals surface area (Å²) >= 11 is 2.68. The summed E-state index contributed by atoms with van der Waals surface area (Å²) in [6.07, 6.45) is 2.11. The lowest BCUT2D eigenvalue weighted by atomic mass is 9.96. The second-order valence-corrected chi connectivity index (χ2v) is 12.5. The molecule has 2 N–H and O–H groups in total. The van der Waals surface area contributed by atoms with Gasteiger partial charge in [-0.05, 0) is 32.1 Å². The zero-order chi connectivity index (χ0) is 28.9. The van der Waals surface area contributed by atoms with Gasteiger partial charge in [-0.25, -0.2) is 9.97 Å². The molecule has 4 atom stereocenters. The molecule has 2 aromatic heterocycles. The normalized spacial score (nSPS) is 16.3. The number of ether oxygens (including phenoxy) is 1. The van der Waals surface area contributed by atoms with Gasteiger partial charge in [0.05, 0.1) is 10.9 Å². The van der Waals surface area contributed by atoms with E-state index in [0.717, 1.165) is 23.5 Å². The molecule has 0 bridgehead atoms. The highest BCUT2D eigenvalue weighted by Crippen LogP contribution is 2.35. The summed E-state index contributed by atoms with van der Waals surface area (Å²) in [5.74, 6) is -2.20. The highest BCUT2D eigenvalue weighted by molar-refractivity contribution is 7.10. The SMILES string of the molecule is CC(=O)OC(CC(C(C)C)N(C)C(=O)C1CC1)c1nc(C(=O)N[C@@H](Cc2nc(C)cs2)C[C@H](C)C(=O)O)cs1. The van der Waals surface area contributed by atoms with Gasteiger partial charge in [0.25, 0.3) is 5.91 Å². The summed E-state index contributed by atoms with van der Waals surface area (Å²) in [6.45, 7) is 8.86. The molecule has 0 radical (unpaired) electrons.